The molecule has 0 unspecified atom stereocenters. The Balaban J connectivity index is 0.927. The van der Waals surface area contributed by atoms with Crippen molar-refractivity contribution >= 4 is 61.8 Å². The van der Waals surface area contributed by atoms with Gasteiger partial charge in [0.1, 0.15) is 24.1 Å². The maximum atomic E-state index is 15.6. The molecule has 1 fully saturated rings. The number of hydrogen-bond acceptors (Lipinski definition) is 13. The van der Waals surface area contributed by atoms with E-state index in [0.717, 1.165) is 60.7 Å². The largest absolute Gasteiger partial charge is 0.485 e. The second-order valence-electron chi connectivity index (χ2n) is 14.8. The Morgan fingerprint density at radius 1 is 1.05 bits per heavy atom. The van der Waals surface area contributed by atoms with Gasteiger partial charge >= 0.3 is 6.03 Å². The molecule has 5 heterocycles. The number of nitrogens with one attached hydrogen (secondary N) is 3. The molecule has 0 atom stereocenters. The lowest BCUT2D eigenvalue weighted by molar-refractivity contribution is -0.107. The number of carbonyl (C=O) groups excluding carboxylic acids is 2. The Hall–Kier alpha value is -6.93. The van der Waals surface area contributed by atoms with Crippen molar-refractivity contribution in [2.24, 2.45) is 7.05 Å². The maximum Gasteiger partial charge on any atom is 0.322 e. The molecule has 20 heteroatoms. The molecule has 0 saturated carbocycles. The third kappa shape index (κ3) is 8.31. The fourth-order valence-electron chi connectivity index (χ4n) is 7.32. The van der Waals surface area contributed by atoms with Crippen molar-refractivity contribution in [3.63, 3.8) is 0 Å². The van der Waals surface area contributed by atoms with Crippen LogP contribution in [-0.4, -0.2) is 111 Å². The normalized spacial score (nSPS) is 13.6. The van der Waals surface area contributed by atoms with E-state index in [0.29, 0.717) is 35.0 Å². The zero-order valence-electron chi connectivity index (χ0n) is 33.9. The zero-order valence-corrected chi connectivity index (χ0v) is 34.7. The van der Waals surface area contributed by atoms with Crippen molar-refractivity contribution in [3.8, 4) is 17.0 Å². The van der Waals surface area contributed by atoms with E-state index in [1.54, 1.807) is 36.3 Å². The van der Waals surface area contributed by atoms with E-state index in [2.05, 4.69) is 56.9 Å². The van der Waals surface area contributed by atoms with Gasteiger partial charge < -0.3 is 25.1 Å². The molecule has 1 aliphatic heterocycles. The highest BCUT2D eigenvalue weighted by atomic mass is 32.2. The first-order valence-electron chi connectivity index (χ1n) is 19.6. The molecule has 7 aromatic rings. The van der Waals surface area contributed by atoms with E-state index in [9.17, 15) is 18.0 Å². The van der Waals surface area contributed by atoms with Crippen molar-refractivity contribution in [1.29, 1.82) is 0 Å². The number of anilines is 4. The number of sulfone groups is 1. The Kier molecular flexibility index (Phi) is 11.4. The summed E-state index contributed by atoms with van der Waals surface area (Å²) in [4.78, 5) is 38.6. The molecule has 4 aromatic heterocycles. The van der Waals surface area contributed by atoms with Crippen LogP contribution in [0.2, 0.25) is 0 Å². The standard InChI is InChI=1S/C41H44FN13O5S/c1-26(2)60-37-36(28-22-45-46-23-28)44-25-55-39(37)48-40(50-55)47-34-12-10-31(21-33(34)42)61(58,59)30-8-5-7-27(19-30)24-52-14-16-53(17-15-52)29-9-11-32-35(20-29)51(4)49-38(32)54(13-6-18-56)41(57)43-3/h5,7-12,18-23,25-26H,6,13-17,24H2,1-4H3,(H,43,57)(H,45,46)(H,47,50). The number of ether oxygens (including phenoxy) is 1. The summed E-state index contributed by atoms with van der Waals surface area (Å²) in [6.45, 7) is 7.43. The quantitative estimate of drug-likeness (QED) is 0.124. The van der Waals surface area contributed by atoms with Crippen molar-refractivity contribution < 1.29 is 27.1 Å². The summed E-state index contributed by atoms with van der Waals surface area (Å²) in [5, 5.41) is 22.0. The third-order valence-electron chi connectivity index (χ3n) is 10.3. The third-order valence-corrected chi connectivity index (χ3v) is 12.1. The number of benzene rings is 3. The molecule has 0 bridgehead atoms. The Morgan fingerprint density at radius 2 is 1.85 bits per heavy atom. The van der Waals surface area contributed by atoms with Gasteiger partial charge in [-0.3, -0.25) is 19.6 Å². The van der Waals surface area contributed by atoms with Crippen LogP contribution in [0.4, 0.5) is 32.3 Å². The second-order valence-corrected chi connectivity index (χ2v) is 16.7. The molecule has 8 rings (SSSR count). The summed E-state index contributed by atoms with van der Waals surface area (Å²) in [6.07, 6.45) is 5.53. The number of aromatic amines is 1. The Labute approximate surface area is 350 Å². The number of amides is 2. The highest BCUT2D eigenvalue weighted by molar-refractivity contribution is 7.91. The summed E-state index contributed by atoms with van der Waals surface area (Å²) in [6, 6.07) is 16.1. The SMILES string of the molecule is CNC(=O)N(CCC=O)c1nn(C)c2cc(N3CCN(Cc4cccc(S(=O)(=O)c5ccc(Nc6nc7c(OC(C)C)c(-c8cn[nH]c8)ncn7n6)c(F)c5)c4)CC3)ccc12. The van der Waals surface area contributed by atoms with Crippen LogP contribution < -0.4 is 25.2 Å². The van der Waals surface area contributed by atoms with Gasteiger partial charge in [0, 0.05) is 82.6 Å². The second kappa shape index (κ2) is 17.0. The fourth-order valence-corrected chi connectivity index (χ4v) is 8.66. The number of urea groups is 1. The van der Waals surface area contributed by atoms with Crippen LogP contribution in [0.3, 0.4) is 0 Å². The van der Waals surface area contributed by atoms with Crippen molar-refractivity contribution in [1.82, 2.24) is 49.8 Å². The van der Waals surface area contributed by atoms with Crippen molar-refractivity contribution in [3.05, 3.63) is 90.8 Å². The molecule has 61 heavy (non-hydrogen) atoms. The molecule has 1 saturated heterocycles. The van der Waals surface area contributed by atoms with E-state index in [1.165, 1.54) is 33.9 Å². The highest BCUT2D eigenvalue weighted by Crippen LogP contribution is 2.34. The smallest absolute Gasteiger partial charge is 0.322 e. The maximum absolute atomic E-state index is 15.6. The van der Waals surface area contributed by atoms with Gasteiger partial charge in [-0.25, -0.2) is 22.6 Å². The number of piperazine rings is 1. The fraction of sp³-hybridized carbons (Fsp3) is 0.293. The molecule has 3 aromatic carbocycles. The summed E-state index contributed by atoms with van der Waals surface area (Å²) in [5.41, 5.74) is 4.22. The molecule has 3 N–H and O–H groups in total. The number of aryl methyl sites for hydroxylation is 1. The number of rotatable bonds is 14. The van der Waals surface area contributed by atoms with Gasteiger partial charge in [0.05, 0.1) is 33.3 Å². The predicted octanol–water partition coefficient (Wildman–Crippen LogP) is 4.96. The number of aldehydes is 1. The molecule has 18 nitrogen and oxygen atoms in total. The van der Waals surface area contributed by atoms with Crippen LogP contribution >= 0.6 is 0 Å². The van der Waals surface area contributed by atoms with Gasteiger partial charge in [-0.2, -0.15) is 19.7 Å². The summed E-state index contributed by atoms with van der Waals surface area (Å²) < 4.78 is 52.5. The van der Waals surface area contributed by atoms with Crippen molar-refractivity contribution in [2.45, 2.75) is 42.7 Å². The van der Waals surface area contributed by atoms with E-state index < -0.39 is 15.7 Å². The number of nitrogens with zero attached hydrogens (tertiary/aromatic N) is 10. The van der Waals surface area contributed by atoms with E-state index in [-0.39, 0.29) is 46.5 Å². The van der Waals surface area contributed by atoms with E-state index in [4.69, 9.17) is 4.74 Å². The predicted molar refractivity (Wildman–Crippen MR) is 226 cm³/mol. The van der Waals surface area contributed by atoms with Gasteiger partial charge in [-0.15, -0.1) is 5.10 Å². The molecule has 1 aliphatic rings. The minimum atomic E-state index is -4.07. The molecular formula is C41H44FN13O5S. The van der Waals surface area contributed by atoms with E-state index >= 15 is 4.39 Å². The van der Waals surface area contributed by atoms with Gasteiger partial charge in [-0.1, -0.05) is 12.1 Å². The topological polar surface area (TPSA) is 201 Å². The lowest BCUT2D eigenvalue weighted by Crippen LogP contribution is -2.46. The number of hydrogen-bond donors (Lipinski definition) is 3. The first-order valence-corrected chi connectivity index (χ1v) is 21.1. The molecule has 0 spiro atoms. The van der Waals surface area contributed by atoms with Crippen LogP contribution in [0.1, 0.15) is 25.8 Å². The van der Waals surface area contributed by atoms with Crippen LogP contribution in [-0.2, 0) is 28.2 Å². The van der Waals surface area contributed by atoms with Gasteiger partial charge in [-0.05, 0) is 67.9 Å². The van der Waals surface area contributed by atoms with E-state index in [1.807, 2.05) is 39.1 Å². The molecule has 316 valence electrons. The van der Waals surface area contributed by atoms with Gasteiger partial charge in [0.15, 0.2) is 11.6 Å². The van der Waals surface area contributed by atoms with Gasteiger partial charge in [0.25, 0.3) is 0 Å². The summed E-state index contributed by atoms with van der Waals surface area (Å²) in [7, 11) is -0.704. The zero-order chi connectivity index (χ0) is 42.8. The first-order chi connectivity index (χ1) is 29.4. The number of fused-ring (bicyclic) bond motifs is 2. The molecule has 2 amide bonds. The minimum Gasteiger partial charge on any atom is -0.485 e. The lowest BCUT2D eigenvalue weighted by Gasteiger charge is -2.36. The van der Waals surface area contributed by atoms with Gasteiger partial charge in [0.2, 0.25) is 21.4 Å². The van der Waals surface area contributed by atoms with Crippen molar-refractivity contribution in [2.75, 3.05) is 54.9 Å². The Morgan fingerprint density at radius 3 is 2.57 bits per heavy atom. The Bertz CT molecular complexity index is 2840. The average molecular weight is 850 g/mol. The number of carbonyl (C=O) groups is 2. The van der Waals surface area contributed by atoms with Crippen LogP contribution in [0.5, 0.6) is 5.75 Å². The number of aromatic nitrogens is 8. The summed E-state index contributed by atoms with van der Waals surface area (Å²) in [5.74, 6) is 0.127. The van der Waals surface area contributed by atoms with Crippen LogP contribution in [0.25, 0.3) is 27.8 Å². The van der Waals surface area contributed by atoms with Crippen LogP contribution in [0, 0.1) is 5.82 Å². The highest BCUT2D eigenvalue weighted by Gasteiger charge is 2.25. The number of halogens is 1. The monoisotopic (exact) mass is 849 g/mol. The lowest BCUT2D eigenvalue weighted by atomic mass is 10.1. The number of H-pyrrole nitrogens is 1. The first kappa shape index (κ1) is 40.8. The average Bonchev–Trinajstić information content (AvgIpc) is 4.02. The molecule has 0 radical (unpaired) electrons. The summed E-state index contributed by atoms with van der Waals surface area (Å²) >= 11 is 0. The minimum absolute atomic E-state index is 0.0131. The molecule has 0 aliphatic carbocycles. The van der Waals surface area contributed by atoms with Crippen LogP contribution in [0.15, 0.2) is 89.2 Å². The molecular weight excluding hydrogens is 806 g/mol.